The molecule has 0 amide bonds. The number of rotatable bonds is 3. The number of nitrogens with one attached hydrogen (secondary N) is 2. The van der Waals surface area contributed by atoms with Gasteiger partial charge in [-0.15, -0.1) is 0 Å². The molecule has 0 spiro atoms. The lowest BCUT2D eigenvalue weighted by molar-refractivity contribution is 0.313. The van der Waals surface area contributed by atoms with Crippen molar-refractivity contribution in [2.75, 3.05) is 48.8 Å². The number of halogens is 1. The maximum Gasteiger partial charge on any atom is 0.227 e. The predicted octanol–water partition coefficient (Wildman–Crippen LogP) is 3.98. The van der Waals surface area contributed by atoms with Crippen molar-refractivity contribution in [2.45, 2.75) is 6.42 Å². The molecule has 0 unspecified atom stereocenters. The van der Waals surface area contributed by atoms with Crippen molar-refractivity contribution in [1.82, 2.24) is 19.9 Å². The Bertz CT molecular complexity index is 1140. The van der Waals surface area contributed by atoms with Gasteiger partial charge in [0.05, 0.1) is 34.5 Å². The maximum atomic E-state index is 6.19. The van der Waals surface area contributed by atoms with E-state index in [1.165, 1.54) is 0 Å². The van der Waals surface area contributed by atoms with E-state index >= 15 is 0 Å². The fourth-order valence-corrected chi connectivity index (χ4v) is 4.32. The van der Waals surface area contributed by atoms with Gasteiger partial charge in [0.15, 0.2) is 0 Å². The van der Waals surface area contributed by atoms with E-state index in [2.05, 4.69) is 43.5 Å². The number of pyridine rings is 1. The van der Waals surface area contributed by atoms with Crippen LogP contribution in [0, 0.1) is 0 Å². The Balaban J connectivity index is 1.44. The van der Waals surface area contributed by atoms with Crippen molar-refractivity contribution in [3.8, 4) is 11.3 Å². The van der Waals surface area contributed by atoms with Gasteiger partial charge in [-0.1, -0.05) is 23.8 Å². The van der Waals surface area contributed by atoms with E-state index in [0.29, 0.717) is 17.4 Å². The Labute approximate surface area is 191 Å². The summed E-state index contributed by atoms with van der Waals surface area (Å²) in [6, 6.07) is 7.79. The van der Waals surface area contributed by atoms with Gasteiger partial charge in [0.1, 0.15) is 0 Å². The van der Waals surface area contributed by atoms with Gasteiger partial charge in [0.25, 0.3) is 0 Å². The van der Waals surface area contributed by atoms with Gasteiger partial charge in [0.2, 0.25) is 5.95 Å². The third kappa shape index (κ3) is 4.32. The van der Waals surface area contributed by atoms with Crippen LogP contribution in [0.5, 0.6) is 0 Å². The summed E-state index contributed by atoms with van der Waals surface area (Å²) < 4.78 is 0. The van der Waals surface area contributed by atoms with Crippen LogP contribution in [0.2, 0.25) is 5.02 Å². The molecule has 0 bridgehead atoms. The van der Waals surface area contributed by atoms with E-state index < -0.39 is 0 Å². The summed E-state index contributed by atoms with van der Waals surface area (Å²) in [5, 5.41) is 7.23. The largest absolute Gasteiger partial charge is 0.368 e. The maximum absolute atomic E-state index is 6.19. The molecule has 2 N–H and O–H groups in total. The Morgan fingerprint density at radius 1 is 1.10 bits per heavy atom. The monoisotopic (exact) mass is 451 g/mol. The number of anilines is 4. The zero-order valence-corrected chi connectivity index (χ0v) is 18.7. The highest BCUT2D eigenvalue weighted by molar-refractivity contribution is 7.80. The molecule has 2 aliphatic heterocycles. The molecule has 3 aromatic rings. The number of benzene rings is 1. The average molecular weight is 452 g/mol. The van der Waals surface area contributed by atoms with Crippen molar-refractivity contribution in [3.63, 3.8) is 0 Å². The lowest BCUT2D eigenvalue weighted by atomic mass is 10.1. The highest BCUT2D eigenvalue weighted by Gasteiger charge is 2.20. The molecule has 5 rings (SSSR count). The molecule has 4 heterocycles. The minimum atomic E-state index is 0.518. The van der Waals surface area contributed by atoms with Crippen LogP contribution in [0.25, 0.3) is 11.3 Å². The Kier molecular flexibility index (Phi) is 5.43. The Morgan fingerprint density at radius 2 is 1.94 bits per heavy atom. The lowest BCUT2D eigenvalue weighted by Crippen LogP contribution is -2.44. The van der Waals surface area contributed by atoms with Crippen LogP contribution in [-0.2, 0) is 6.42 Å². The van der Waals surface area contributed by atoms with Crippen LogP contribution in [0.4, 0.5) is 23.0 Å². The standard InChI is InChI=1S/C22H22ClN7S/c1-29-4-6-30(7-5-29)17-10-16(12-24-13-17)26-22-25-11-14-8-20(31)27-19-9-15(23)2-3-18(19)21(14)28-22/h2-3,9-13H,4-8H2,1H3,(H,27,31)(H,25,26,28). The van der Waals surface area contributed by atoms with Crippen molar-refractivity contribution in [1.29, 1.82) is 0 Å². The molecule has 1 saturated heterocycles. The zero-order valence-electron chi connectivity index (χ0n) is 17.1. The number of piperazine rings is 1. The second kappa shape index (κ2) is 8.37. The molecule has 2 aromatic heterocycles. The summed E-state index contributed by atoms with van der Waals surface area (Å²) in [6.07, 6.45) is 6.11. The lowest BCUT2D eigenvalue weighted by Gasteiger charge is -2.33. The molecule has 31 heavy (non-hydrogen) atoms. The number of hydrogen-bond donors (Lipinski definition) is 2. The van der Waals surface area contributed by atoms with Gasteiger partial charge in [0, 0.05) is 60.6 Å². The number of aromatic nitrogens is 3. The smallest absolute Gasteiger partial charge is 0.227 e. The molecule has 0 atom stereocenters. The van der Waals surface area contributed by atoms with Crippen LogP contribution >= 0.6 is 23.8 Å². The highest BCUT2D eigenvalue weighted by atomic mass is 35.5. The fraction of sp³-hybridized carbons (Fsp3) is 0.273. The number of likely N-dealkylation sites (N-methyl/N-ethyl adjacent to an activating group) is 1. The van der Waals surface area contributed by atoms with Crippen LogP contribution < -0.4 is 15.5 Å². The van der Waals surface area contributed by atoms with Crippen LogP contribution in [0.1, 0.15) is 5.56 Å². The van der Waals surface area contributed by atoms with Gasteiger partial charge >= 0.3 is 0 Å². The number of nitrogens with zero attached hydrogens (tertiary/aromatic N) is 5. The molecule has 7 nitrogen and oxygen atoms in total. The van der Waals surface area contributed by atoms with Crippen molar-refractivity contribution >= 4 is 51.8 Å². The van der Waals surface area contributed by atoms with Crippen molar-refractivity contribution in [3.05, 3.63) is 53.4 Å². The van der Waals surface area contributed by atoms with E-state index in [9.17, 15) is 0 Å². The van der Waals surface area contributed by atoms with Crippen molar-refractivity contribution in [2.24, 2.45) is 0 Å². The van der Waals surface area contributed by atoms with Gasteiger partial charge in [-0.3, -0.25) is 4.98 Å². The van der Waals surface area contributed by atoms with Gasteiger partial charge in [-0.05, 0) is 31.3 Å². The summed E-state index contributed by atoms with van der Waals surface area (Å²) >= 11 is 11.7. The molecule has 1 aromatic carbocycles. The normalized spacial score (nSPS) is 16.2. The predicted molar refractivity (Wildman–Crippen MR) is 130 cm³/mol. The van der Waals surface area contributed by atoms with E-state index in [4.69, 9.17) is 28.8 Å². The first-order chi connectivity index (χ1) is 15.0. The number of fused-ring (bicyclic) bond motifs is 3. The average Bonchev–Trinajstić information content (AvgIpc) is 2.89. The third-order valence-electron chi connectivity index (χ3n) is 5.57. The van der Waals surface area contributed by atoms with Gasteiger partial charge in [-0.2, -0.15) is 0 Å². The Hall–Kier alpha value is -2.81. The molecular weight excluding hydrogens is 430 g/mol. The summed E-state index contributed by atoms with van der Waals surface area (Å²) in [6.45, 7) is 4.07. The van der Waals surface area contributed by atoms with E-state index in [1.807, 2.05) is 30.6 Å². The van der Waals surface area contributed by atoms with Crippen LogP contribution in [-0.4, -0.2) is 58.1 Å². The van der Waals surface area contributed by atoms with Gasteiger partial charge < -0.3 is 20.4 Å². The van der Waals surface area contributed by atoms with E-state index in [0.717, 1.165) is 65.1 Å². The van der Waals surface area contributed by atoms with Crippen LogP contribution in [0.15, 0.2) is 42.9 Å². The molecule has 0 aliphatic carbocycles. The fourth-order valence-electron chi connectivity index (χ4n) is 3.89. The first-order valence-corrected chi connectivity index (χ1v) is 10.9. The molecular formula is C22H22ClN7S. The van der Waals surface area contributed by atoms with E-state index in [1.54, 1.807) is 6.20 Å². The first kappa shape index (κ1) is 20.1. The molecule has 1 fully saturated rings. The van der Waals surface area contributed by atoms with Gasteiger partial charge in [-0.25, -0.2) is 9.97 Å². The summed E-state index contributed by atoms with van der Waals surface area (Å²) in [7, 11) is 2.15. The molecule has 0 saturated carbocycles. The van der Waals surface area contributed by atoms with E-state index in [-0.39, 0.29) is 0 Å². The van der Waals surface area contributed by atoms with Crippen LogP contribution in [0.3, 0.4) is 0 Å². The first-order valence-electron chi connectivity index (χ1n) is 10.2. The number of thiocarbonyl (C=S) groups is 1. The molecule has 158 valence electrons. The SMILES string of the molecule is CN1CCN(c2cncc(Nc3ncc4c(n3)-c3ccc(Cl)cc3NC(=S)C4)c2)CC1. The number of hydrogen-bond acceptors (Lipinski definition) is 7. The van der Waals surface area contributed by atoms with Crippen molar-refractivity contribution < 1.29 is 0 Å². The zero-order chi connectivity index (χ0) is 21.4. The summed E-state index contributed by atoms with van der Waals surface area (Å²) in [5.74, 6) is 0.518. The minimum absolute atomic E-state index is 0.518. The highest BCUT2D eigenvalue weighted by Crippen LogP contribution is 2.35. The minimum Gasteiger partial charge on any atom is -0.368 e. The second-order valence-corrected chi connectivity index (χ2v) is 8.76. The quantitative estimate of drug-likeness (QED) is 0.579. The third-order valence-corrected chi connectivity index (χ3v) is 6.06. The summed E-state index contributed by atoms with van der Waals surface area (Å²) in [5.41, 5.74) is 5.60. The Morgan fingerprint density at radius 3 is 2.77 bits per heavy atom. The molecule has 0 radical (unpaired) electrons. The topological polar surface area (TPSA) is 69.2 Å². The summed E-state index contributed by atoms with van der Waals surface area (Å²) in [4.78, 5) is 19.2. The second-order valence-electron chi connectivity index (χ2n) is 7.83. The molecule has 2 aliphatic rings. The molecule has 9 heteroatoms.